The first-order chi connectivity index (χ1) is 6.70. The number of hydrogen-bond donors (Lipinski definition) is 1. The van der Waals surface area contributed by atoms with Crippen LogP contribution in [-0.4, -0.2) is 23.5 Å². The summed E-state index contributed by atoms with van der Waals surface area (Å²) in [6.07, 6.45) is 0. The standard InChI is InChI=1S/C12H18N2/c1-9(2)14-8-11(13)12(14)10-6-4-3-5-7-10/h3-7,9,11-12H,8,13H2,1-2H3. The molecule has 0 amide bonds. The van der Waals surface area contributed by atoms with E-state index in [-0.39, 0.29) is 0 Å². The summed E-state index contributed by atoms with van der Waals surface area (Å²) in [5, 5.41) is 0. The molecule has 1 aliphatic heterocycles. The summed E-state index contributed by atoms with van der Waals surface area (Å²) in [6.45, 7) is 5.47. The lowest BCUT2D eigenvalue weighted by Crippen LogP contribution is -2.60. The summed E-state index contributed by atoms with van der Waals surface area (Å²) < 4.78 is 0. The fraction of sp³-hybridized carbons (Fsp3) is 0.500. The largest absolute Gasteiger partial charge is 0.325 e. The van der Waals surface area contributed by atoms with E-state index in [4.69, 9.17) is 5.73 Å². The molecule has 76 valence electrons. The van der Waals surface area contributed by atoms with Gasteiger partial charge in [-0.15, -0.1) is 0 Å². The zero-order valence-electron chi connectivity index (χ0n) is 8.85. The molecule has 1 heterocycles. The molecule has 2 nitrogen and oxygen atoms in total. The number of benzene rings is 1. The van der Waals surface area contributed by atoms with Gasteiger partial charge in [-0.1, -0.05) is 30.3 Å². The maximum Gasteiger partial charge on any atom is 0.0515 e. The predicted molar refractivity (Wildman–Crippen MR) is 59.0 cm³/mol. The molecule has 2 heteroatoms. The van der Waals surface area contributed by atoms with E-state index in [2.05, 4.69) is 43.0 Å². The monoisotopic (exact) mass is 190 g/mol. The molecule has 0 spiro atoms. The summed E-state index contributed by atoms with van der Waals surface area (Å²) in [4.78, 5) is 2.44. The average Bonchev–Trinajstić information content (AvgIpc) is 2.15. The molecule has 1 saturated heterocycles. The van der Waals surface area contributed by atoms with Gasteiger partial charge in [-0.05, 0) is 19.4 Å². The first kappa shape index (κ1) is 9.69. The highest BCUT2D eigenvalue weighted by molar-refractivity contribution is 5.24. The Hall–Kier alpha value is -0.860. The normalized spacial score (nSPS) is 27.7. The Bertz CT molecular complexity index is 294. The van der Waals surface area contributed by atoms with E-state index >= 15 is 0 Å². The third-order valence-electron chi connectivity index (χ3n) is 2.99. The molecule has 2 N–H and O–H groups in total. The molecular formula is C12H18N2. The minimum Gasteiger partial charge on any atom is -0.325 e. The molecule has 0 bridgehead atoms. The van der Waals surface area contributed by atoms with Crippen molar-refractivity contribution in [3.8, 4) is 0 Å². The van der Waals surface area contributed by atoms with Gasteiger partial charge in [0.25, 0.3) is 0 Å². The van der Waals surface area contributed by atoms with Crippen LogP contribution in [0.1, 0.15) is 25.5 Å². The van der Waals surface area contributed by atoms with Crippen LogP contribution in [0.3, 0.4) is 0 Å². The Morgan fingerprint density at radius 3 is 2.43 bits per heavy atom. The zero-order valence-corrected chi connectivity index (χ0v) is 8.85. The van der Waals surface area contributed by atoms with Gasteiger partial charge in [-0.25, -0.2) is 0 Å². The molecule has 14 heavy (non-hydrogen) atoms. The van der Waals surface area contributed by atoms with E-state index in [1.807, 2.05) is 6.07 Å². The molecule has 0 radical (unpaired) electrons. The lowest BCUT2D eigenvalue weighted by atomic mass is 9.89. The topological polar surface area (TPSA) is 29.3 Å². The SMILES string of the molecule is CC(C)N1CC(N)C1c1ccccc1. The Morgan fingerprint density at radius 2 is 1.93 bits per heavy atom. The second-order valence-electron chi connectivity index (χ2n) is 4.31. The van der Waals surface area contributed by atoms with E-state index in [0.717, 1.165) is 6.54 Å². The summed E-state index contributed by atoms with van der Waals surface area (Å²) in [5.41, 5.74) is 7.39. The second kappa shape index (κ2) is 3.71. The summed E-state index contributed by atoms with van der Waals surface area (Å²) in [5.74, 6) is 0. The van der Waals surface area contributed by atoms with Gasteiger partial charge < -0.3 is 5.73 Å². The van der Waals surface area contributed by atoms with Crippen LogP contribution in [-0.2, 0) is 0 Å². The molecule has 0 saturated carbocycles. The number of nitrogens with zero attached hydrogens (tertiary/aromatic N) is 1. The van der Waals surface area contributed by atoms with Crippen molar-refractivity contribution in [1.82, 2.24) is 4.90 Å². The minimum absolute atomic E-state index is 0.305. The van der Waals surface area contributed by atoms with Crippen molar-refractivity contribution in [2.45, 2.75) is 32.0 Å². The van der Waals surface area contributed by atoms with Gasteiger partial charge in [0, 0.05) is 18.6 Å². The van der Waals surface area contributed by atoms with Crippen LogP contribution < -0.4 is 5.73 Å². The molecule has 1 aromatic carbocycles. The highest BCUT2D eigenvalue weighted by Gasteiger charge is 2.38. The van der Waals surface area contributed by atoms with Gasteiger partial charge in [0.2, 0.25) is 0 Å². The van der Waals surface area contributed by atoms with E-state index in [9.17, 15) is 0 Å². The highest BCUT2D eigenvalue weighted by Crippen LogP contribution is 2.33. The quantitative estimate of drug-likeness (QED) is 0.770. The second-order valence-corrected chi connectivity index (χ2v) is 4.31. The molecule has 1 fully saturated rings. The summed E-state index contributed by atoms with van der Waals surface area (Å²) in [6, 6.07) is 11.9. The van der Waals surface area contributed by atoms with Crippen LogP contribution >= 0.6 is 0 Å². The van der Waals surface area contributed by atoms with Crippen molar-refractivity contribution in [2.24, 2.45) is 5.73 Å². The Kier molecular flexibility index (Phi) is 2.57. The van der Waals surface area contributed by atoms with Crippen molar-refractivity contribution in [3.63, 3.8) is 0 Å². The zero-order chi connectivity index (χ0) is 10.1. The summed E-state index contributed by atoms with van der Waals surface area (Å²) in [7, 11) is 0. The highest BCUT2D eigenvalue weighted by atomic mass is 15.3. The molecular weight excluding hydrogens is 172 g/mol. The van der Waals surface area contributed by atoms with Gasteiger partial charge in [0.1, 0.15) is 0 Å². The maximum absolute atomic E-state index is 6.04. The van der Waals surface area contributed by atoms with Gasteiger partial charge in [-0.2, -0.15) is 0 Å². The van der Waals surface area contributed by atoms with Crippen LogP contribution in [0.2, 0.25) is 0 Å². The Balaban J connectivity index is 2.17. The van der Waals surface area contributed by atoms with Gasteiger partial charge in [0.05, 0.1) is 6.04 Å². The van der Waals surface area contributed by atoms with Crippen LogP contribution in [0.25, 0.3) is 0 Å². The van der Waals surface area contributed by atoms with Crippen molar-refractivity contribution in [3.05, 3.63) is 35.9 Å². The average molecular weight is 190 g/mol. The smallest absolute Gasteiger partial charge is 0.0515 e. The van der Waals surface area contributed by atoms with E-state index in [0.29, 0.717) is 18.1 Å². The van der Waals surface area contributed by atoms with Crippen LogP contribution in [0.15, 0.2) is 30.3 Å². The molecule has 2 atom stereocenters. The third kappa shape index (κ3) is 1.56. The molecule has 0 aliphatic carbocycles. The predicted octanol–water partition coefficient (Wildman–Crippen LogP) is 1.78. The number of rotatable bonds is 2. The van der Waals surface area contributed by atoms with E-state index < -0.39 is 0 Å². The number of hydrogen-bond acceptors (Lipinski definition) is 2. The molecule has 2 rings (SSSR count). The van der Waals surface area contributed by atoms with Crippen LogP contribution in [0, 0.1) is 0 Å². The van der Waals surface area contributed by atoms with Crippen molar-refractivity contribution >= 4 is 0 Å². The van der Waals surface area contributed by atoms with Crippen molar-refractivity contribution < 1.29 is 0 Å². The number of likely N-dealkylation sites (tertiary alicyclic amines) is 1. The lowest BCUT2D eigenvalue weighted by molar-refractivity contribution is 0.0309. The lowest BCUT2D eigenvalue weighted by Gasteiger charge is -2.49. The van der Waals surface area contributed by atoms with Crippen molar-refractivity contribution in [1.29, 1.82) is 0 Å². The first-order valence-corrected chi connectivity index (χ1v) is 5.26. The van der Waals surface area contributed by atoms with Gasteiger partial charge >= 0.3 is 0 Å². The molecule has 1 aromatic rings. The summed E-state index contributed by atoms with van der Waals surface area (Å²) >= 11 is 0. The van der Waals surface area contributed by atoms with E-state index in [1.165, 1.54) is 5.56 Å². The Labute approximate surface area is 85.7 Å². The fourth-order valence-electron chi connectivity index (χ4n) is 2.19. The third-order valence-corrected chi connectivity index (χ3v) is 2.99. The van der Waals surface area contributed by atoms with Crippen molar-refractivity contribution in [2.75, 3.05) is 6.54 Å². The fourth-order valence-corrected chi connectivity index (χ4v) is 2.19. The molecule has 0 aromatic heterocycles. The Morgan fingerprint density at radius 1 is 1.29 bits per heavy atom. The van der Waals surface area contributed by atoms with Gasteiger partial charge in [-0.3, -0.25) is 4.90 Å². The van der Waals surface area contributed by atoms with E-state index in [1.54, 1.807) is 0 Å². The minimum atomic E-state index is 0.305. The van der Waals surface area contributed by atoms with Crippen LogP contribution in [0.4, 0.5) is 0 Å². The molecule has 1 aliphatic rings. The first-order valence-electron chi connectivity index (χ1n) is 5.26. The maximum atomic E-state index is 6.04. The molecule has 2 unspecified atom stereocenters. The number of nitrogens with two attached hydrogens (primary N) is 1. The van der Waals surface area contributed by atoms with Gasteiger partial charge in [0.15, 0.2) is 0 Å². The van der Waals surface area contributed by atoms with Crippen LogP contribution in [0.5, 0.6) is 0 Å².